The van der Waals surface area contributed by atoms with Gasteiger partial charge in [-0.25, -0.2) is 4.79 Å². The summed E-state index contributed by atoms with van der Waals surface area (Å²) in [5, 5.41) is 14.3. The van der Waals surface area contributed by atoms with Gasteiger partial charge in [-0.15, -0.1) is 0 Å². The minimum absolute atomic E-state index is 0.00488. The Hall–Kier alpha value is -2.73. The summed E-state index contributed by atoms with van der Waals surface area (Å²) in [6, 6.07) is 12.8. The van der Waals surface area contributed by atoms with Gasteiger partial charge in [-0.3, -0.25) is 18.8 Å². The van der Waals surface area contributed by atoms with E-state index in [2.05, 4.69) is 26.7 Å². The molecule has 2 unspecified atom stereocenters. The van der Waals surface area contributed by atoms with Crippen molar-refractivity contribution in [3.05, 3.63) is 68.6 Å². The number of H-pyrrole nitrogens is 1. The third kappa shape index (κ3) is 5.50. The van der Waals surface area contributed by atoms with Crippen LogP contribution in [0.3, 0.4) is 0 Å². The summed E-state index contributed by atoms with van der Waals surface area (Å²) in [5.41, 5.74) is 0.833. The van der Waals surface area contributed by atoms with Gasteiger partial charge in [-0.2, -0.15) is 0 Å². The quantitative estimate of drug-likeness (QED) is 0.311. The Morgan fingerprint density at radius 1 is 1.02 bits per heavy atom. The number of aromatic nitrogens is 2. The highest BCUT2D eigenvalue weighted by atomic mass is 35.5. The van der Waals surface area contributed by atoms with Crippen molar-refractivity contribution >= 4 is 46.6 Å². The zero-order chi connectivity index (χ0) is 31.1. The third-order valence-electron chi connectivity index (χ3n) is 10.5. The first kappa shape index (κ1) is 31.3. The average Bonchev–Trinajstić information content (AvgIpc) is 3.36. The second-order valence-electron chi connectivity index (χ2n) is 12.7. The van der Waals surface area contributed by atoms with Gasteiger partial charge in [0, 0.05) is 63.7 Å². The second kappa shape index (κ2) is 12.6. The monoisotopic (exact) mass is 642 g/mol. The summed E-state index contributed by atoms with van der Waals surface area (Å²) in [4.78, 5) is 49.6. The Bertz CT molecular complexity index is 1580. The van der Waals surface area contributed by atoms with Gasteiger partial charge in [0.05, 0.1) is 40.1 Å². The average molecular weight is 644 g/mol. The van der Waals surface area contributed by atoms with Gasteiger partial charge in [-0.1, -0.05) is 41.4 Å². The lowest BCUT2D eigenvalue weighted by atomic mass is 9.82. The number of quaternary nitrogens is 1. The molecule has 0 saturated carbocycles. The van der Waals surface area contributed by atoms with Crippen LogP contribution in [-0.2, 0) is 11.3 Å². The molecular weight excluding hydrogens is 603 g/mol. The first-order chi connectivity index (χ1) is 21.2. The molecule has 0 spiro atoms. The van der Waals surface area contributed by atoms with E-state index in [0.29, 0.717) is 47.6 Å². The van der Waals surface area contributed by atoms with Gasteiger partial charge < -0.3 is 24.6 Å². The maximum atomic E-state index is 13.6. The predicted octanol–water partition coefficient (Wildman–Crippen LogP) is 3.33. The van der Waals surface area contributed by atoms with Crippen molar-refractivity contribution in [1.29, 1.82) is 0 Å². The van der Waals surface area contributed by atoms with Crippen LogP contribution >= 0.6 is 23.2 Å². The minimum atomic E-state index is -1.23. The largest absolute Gasteiger partial charge is 0.498 e. The highest BCUT2D eigenvalue weighted by Gasteiger charge is 2.60. The van der Waals surface area contributed by atoms with E-state index in [4.69, 9.17) is 23.2 Å². The number of para-hydroxylation sites is 2. The van der Waals surface area contributed by atoms with Crippen LogP contribution in [0.5, 0.6) is 0 Å². The number of hydrogen-bond donors (Lipinski definition) is 1. The van der Waals surface area contributed by atoms with Crippen molar-refractivity contribution in [2.75, 3.05) is 52.9 Å². The predicted molar refractivity (Wildman–Crippen MR) is 169 cm³/mol. The van der Waals surface area contributed by atoms with Crippen LogP contribution in [0.15, 0.2) is 47.3 Å². The molecule has 44 heavy (non-hydrogen) atoms. The van der Waals surface area contributed by atoms with Crippen molar-refractivity contribution in [3.63, 3.8) is 0 Å². The van der Waals surface area contributed by atoms with E-state index in [1.54, 1.807) is 22.8 Å². The smallest absolute Gasteiger partial charge is 0.326 e. The number of hydrogen-bond acceptors (Lipinski definition) is 7. The molecule has 0 bridgehead atoms. The molecule has 3 fully saturated rings. The van der Waals surface area contributed by atoms with Gasteiger partial charge in [-0.05, 0) is 44.2 Å². The lowest BCUT2D eigenvalue weighted by Gasteiger charge is -2.61. The van der Waals surface area contributed by atoms with Gasteiger partial charge >= 0.3 is 5.69 Å². The number of carbonyl (C=O) groups excluding carboxylic acids is 2. The zero-order valence-electron chi connectivity index (χ0n) is 25.1. The number of nitrogens with zero attached hydrogens (tertiary/aromatic N) is 5. The number of imidazole rings is 1. The molecule has 12 heteroatoms. The minimum Gasteiger partial charge on any atom is -0.498 e. The van der Waals surface area contributed by atoms with Crippen molar-refractivity contribution in [1.82, 2.24) is 24.3 Å². The molecule has 2 aromatic carbocycles. The van der Waals surface area contributed by atoms with Crippen molar-refractivity contribution < 1.29 is 19.2 Å². The fraction of sp³-hybridized carbons (Fsp3) is 0.531. The normalized spacial score (nSPS) is 27.9. The Kier molecular flexibility index (Phi) is 8.94. The van der Waals surface area contributed by atoms with Crippen molar-refractivity contribution in [3.8, 4) is 0 Å². The molecule has 1 N–H and O–H groups in total. The number of carbonyl (C=O) groups is 2. The number of halogens is 2. The van der Waals surface area contributed by atoms with Crippen LogP contribution in [-0.4, -0.2) is 106 Å². The summed E-state index contributed by atoms with van der Waals surface area (Å²) in [6.45, 7) is 5.66. The Balaban J connectivity index is 1.41. The Morgan fingerprint density at radius 3 is 2.43 bits per heavy atom. The first-order valence-electron chi connectivity index (χ1n) is 15.5. The Morgan fingerprint density at radius 2 is 1.75 bits per heavy atom. The van der Waals surface area contributed by atoms with E-state index in [1.807, 2.05) is 24.3 Å². The molecule has 0 aliphatic carbocycles. The highest BCUT2D eigenvalue weighted by Crippen LogP contribution is 2.47. The van der Waals surface area contributed by atoms with E-state index in [9.17, 15) is 19.5 Å². The van der Waals surface area contributed by atoms with Crippen LogP contribution in [0, 0.1) is 0 Å². The summed E-state index contributed by atoms with van der Waals surface area (Å²) in [5.74, 6) is 0. The number of benzene rings is 2. The molecule has 3 saturated heterocycles. The lowest BCUT2D eigenvalue weighted by molar-refractivity contribution is -0.956. The van der Waals surface area contributed by atoms with Crippen LogP contribution in [0.25, 0.3) is 11.0 Å². The summed E-state index contributed by atoms with van der Waals surface area (Å²) >= 11 is 12.6. The Labute approximate surface area is 267 Å². The molecule has 3 atom stereocenters. The van der Waals surface area contributed by atoms with E-state index in [1.165, 1.54) is 0 Å². The zero-order valence-corrected chi connectivity index (χ0v) is 26.6. The third-order valence-corrected chi connectivity index (χ3v) is 11.2. The van der Waals surface area contributed by atoms with E-state index in [0.717, 1.165) is 56.3 Å². The molecule has 6 rings (SSSR count). The summed E-state index contributed by atoms with van der Waals surface area (Å²) in [7, 11) is 2.15. The van der Waals surface area contributed by atoms with E-state index >= 15 is 0 Å². The number of aromatic amines is 1. The number of rotatable bonds is 7. The molecule has 4 heterocycles. The molecule has 1 amide bonds. The van der Waals surface area contributed by atoms with Crippen molar-refractivity contribution in [2.24, 2.45) is 0 Å². The molecule has 10 nitrogen and oxygen atoms in total. The summed E-state index contributed by atoms with van der Waals surface area (Å²) in [6.07, 6.45) is 2.09. The van der Waals surface area contributed by atoms with Crippen LogP contribution < -0.4 is 10.8 Å². The molecule has 236 valence electrons. The lowest BCUT2D eigenvalue weighted by Crippen LogP contribution is -2.79. The second-order valence-corrected chi connectivity index (χ2v) is 13.6. The molecule has 3 aliphatic rings. The summed E-state index contributed by atoms with van der Waals surface area (Å²) < 4.78 is 1.31. The van der Waals surface area contributed by atoms with Gasteiger partial charge in [0.2, 0.25) is 0 Å². The maximum Gasteiger partial charge on any atom is 0.326 e. The van der Waals surface area contributed by atoms with Crippen LogP contribution in [0.2, 0.25) is 10.0 Å². The molecule has 3 aromatic rings. The van der Waals surface area contributed by atoms with Crippen LogP contribution in [0.1, 0.15) is 43.7 Å². The number of likely N-dealkylation sites (N-methyl/N-ethyl adjacent to an activating group) is 1. The SMILES string of the molecule is CN1CCN(C2CCN(C3(CC=O)CC(n4c(=O)[nH]c5ccccc54)CC[N@+]3(Cc3ccc(Cl)c(Cl)c3)C(=O)[O-])CC2)CC1. The highest BCUT2D eigenvalue weighted by molar-refractivity contribution is 6.42. The maximum absolute atomic E-state index is 13.6. The molecule has 3 aliphatic heterocycles. The van der Waals surface area contributed by atoms with Crippen LogP contribution in [0.4, 0.5) is 4.79 Å². The fourth-order valence-electron chi connectivity index (χ4n) is 8.15. The van der Waals surface area contributed by atoms with Gasteiger partial charge in [0.15, 0.2) is 5.66 Å². The van der Waals surface area contributed by atoms with Crippen molar-refractivity contribution in [2.45, 2.75) is 56.4 Å². The number of piperazine rings is 1. The van der Waals surface area contributed by atoms with E-state index in [-0.39, 0.29) is 31.2 Å². The molecule has 0 radical (unpaired) electrons. The number of likely N-dealkylation sites (tertiary alicyclic amines) is 2. The molecular formula is C32H40Cl2N6O4. The van der Waals surface area contributed by atoms with Gasteiger partial charge in [0.25, 0.3) is 6.09 Å². The number of piperidine rings is 2. The molecule has 1 aromatic heterocycles. The fourth-order valence-corrected chi connectivity index (χ4v) is 8.47. The standard InChI is InChI=1S/C32H40Cl2N6O4/c1-36-14-16-37(17-15-36)24-8-12-38(13-9-24)32(11-19-41)21-25(39-29-5-3-2-4-28(29)35-30(39)42)10-18-40(32,31(43)44)22-23-6-7-26(33)27(34)20-23/h2-7,19-20,24-25H,8-18,21-22H2,1H3,(H-,35,42,43,44)/t25?,32?,40-/m0/s1. The van der Waals surface area contributed by atoms with E-state index < -0.39 is 16.2 Å². The number of nitrogens with one attached hydrogen (secondary N) is 1. The topological polar surface area (TPSA) is 105 Å². The van der Waals surface area contributed by atoms with Gasteiger partial charge in [0.1, 0.15) is 12.8 Å². The number of amides is 1. The number of carboxylic acid groups (broad SMARTS) is 1. The number of fused-ring (bicyclic) bond motifs is 1. The first-order valence-corrected chi connectivity index (χ1v) is 16.3. The number of aldehydes is 1.